The lowest BCUT2D eigenvalue weighted by molar-refractivity contribution is -0.385. The minimum atomic E-state index is -0.875. The number of carbonyl (C=O) groups excluding carboxylic acids is 1. The Bertz CT molecular complexity index is 351. The number of methoxy groups -OCH3 is 1. The highest BCUT2D eigenvalue weighted by Crippen LogP contribution is 2.14. The van der Waals surface area contributed by atoms with Crippen molar-refractivity contribution in [3.05, 3.63) is 28.1 Å². The number of rotatable bonds is 2. The molecule has 0 fully saturated rings. The van der Waals surface area contributed by atoms with Crippen molar-refractivity contribution in [1.29, 1.82) is 0 Å². The summed E-state index contributed by atoms with van der Waals surface area (Å²) in [4.78, 5) is 20.6. The van der Waals surface area contributed by atoms with Gasteiger partial charge in [0.05, 0.1) is 18.2 Å². The molecule has 0 unspecified atom stereocenters. The molecule has 68 valence electrons. The Kier molecular flexibility index (Phi) is 2.48. The van der Waals surface area contributed by atoms with Gasteiger partial charge in [0.25, 0.3) is 0 Å². The van der Waals surface area contributed by atoms with E-state index in [1.165, 1.54) is 0 Å². The summed E-state index contributed by atoms with van der Waals surface area (Å²) in [6, 6.07) is 1.08. The summed E-state index contributed by atoms with van der Waals surface area (Å²) in [6.07, 6.45) is 1.13. The van der Waals surface area contributed by atoms with Gasteiger partial charge in [-0.05, 0) is 0 Å². The number of aromatic nitrogens is 2. The van der Waals surface area contributed by atoms with E-state index < -0.39 is 22.3 Å². The maximum Gasteiger partial charge on any atom is 0.365 e. The Morgan fingerprint density at radius 1 is 1.69 bits per heavy atom. The van der Waals surface area contributed by atoms with Crippen molar-refractivity contribution in [2.45, 2.75) is 0 Å². The molecule has 0 atom stereocenters. The van der Waals surface area contributed by atoms with Crippen LogP contribution >= 0.6 is 0 Å². The number of hydrogen-bond donors (Lipinski definition) is 0. The largest absolute Gasteiger partial charge is 0.464 e. The predicted octanol–water partition coefficient (Wildman–Crippen LogP) is 0.171. The lowest BCUT2D eigenvalue weighted by Gasteiger charge is -1.96. The Morgan fingerprint density at radius 3 is 2.92 bits per heavy atom. The van der Waals surface area contributed by atoms with E-state index in [-0.39, 0.29) is 0 Å². The van der Waals surface area contributed by atoms with Gasteiger partial charge >= 0.3 is 11.7 Å². The molecule has 7 nitrogen and oxygen atoms in total. The highest BCUT2D eigenvalue weighted by Gasteiger charge is 2.22. The van der Waals surface area contributed by atoms with Gasteiger partial charge in [-0.15, -0.1) is 5.10 Å². The van der Waals surface area contributed by atoms with Crippen LogP contribution in [-0.4, -0.2) is 28.2 Å². The normalized spacial score (nSPS) is 9.31. The first kappa shape index (κ1) is 9.04. The van der Waals surface area contributed by atoms with Crippen LogP contribution in [0, 0.1) is 10.1 Å². The fraction of sp³-hybridized carbons (Fsp3) is 0.167. The van der Waals surface area contributed by atoms with Crippen molar-refractivity contribution in [1.82, 2.24) is 10.2 Å². The monoisotopic (exact) mass is 183 g/mol. The molecule has 1 aromatic rings. The topological polar surface area (TPSA) is 95.2 Å². The smallest absolute Gasteiger partial charge is 0.365 e. The molecule has 1 rings (SSSR count). The second kappa shape index (κ2) is 3.57. The molecule has 0 bridgehead atoms. The zero-order valence-electron chi connectivity index (χ0n) is 6.63. The van der Waals surface area contributed by atoms with Gasteiger partial charge < -0.3 is 4.74 Å². The Labute approximate surface area is 72.5 Å². The number of esters is 1. The van der Waals surface area contributed by atoms with E-state index in [1.807, 2.05) is 0 Å². The quantitative estimate of drug-likeness (QED) is 0.368. The van der Waals surface area contributed by atoms with Crippen molar-refractivity contribution < 1.29 is 14.5 Å². The lowest BCUT2D eigenvalue weighted by Crippen LogP contribution is -2.08. The number of nitrogens with zero attached hydrogens (tertiary/aromatic N) is 3. The summed E-state index contributed by atoms with van der Waals surface area (Å²) in [5.74, 6) is -0.875. The first-order chi connectivity index (χ1) is 6.16. The zero-order chi connectivity index (χ0) is 9.84. The third-order valence-corrected chi connectivity index (χ3v) is 1.27. The Morgan fingerprint density at radius 2 is 2.38 bits per heavy atom. The maximum absolute atomic E-state index is 10.9. The minimum Gasteiger partial charge on any atom is -0.464 e. The van der Waals surface area contributed by atoms with Crippen LogP contribution in [0.1, 0.15) is 10.5 Å². The van der Waals surface area contributed by atoms with E-state index in [4.69, 9.17) is 0 Å². The van der Waals surface area contributed by atoms with Gasteiger partial charge in [-0.1, -0.05) is 0 Å². The standard InChI is InChI=1S/C6H5N3O4/c1-13-6(10)5-4(9(11)12)2-3-7-8-5/h2-3H,1H3. The zero-order valence-corrected chi connectivity index (χ0v) is 6.63. The van der Waals surface area contributed by atoms with Gasteiger partial charge in [0.15, 0.2) is 0 Å². The fourth-order valence-electron chi connectivity index (χ4n) is 0.715. The molecule has 13 heavy (non-hydrogen) atoms. The van der Waals surface area contributed by atoms with Crippen LogP contribution in [-0.2, 0) is 4.74 Å². The molecule has 0 spiro atoms. The van der Waals surface area contributed by atoms with E-state index in [2.05, 4.69) is 14.9 Å². The molecule has 0 saturated carbocycles. The van der Waals surface area contributed by atoms with Crippen LogP contribution in [0.3, 0.4) is 0 Å². The van der Waals surface area contributed by atoms with Crippen molar-refractivity contribution >= 4 is 11.7 Å². The van der Waals surface area contributed by atoms with Crippen molar-refractivity contribution in [3.63, 3.8) is 0 Å². The molecule has 1 aromatic heterocycles. The van der Waals surface area contributed by atoms with Crippen LogP contribution in [0.2, 0.25) is 0 Å². The van der Waals surface area contributed by atoms with Gasteiger partial charge in [0.2, 0.25) is 5.69 Å². The van der Waals surface area contributed by atoms with Crippen molar-refractivity contribution in [2.75, 3.05) is 7.11 Å². The molecule has 0 radical (unpaired) electrons. The summed E-state index contributed by atoms with van der Waals surface area (Å²) in [5.41, 5.74) is -0.808. The Balaban J connectivity index is 3.19. The molecular formula is C6H5N3O4. The number of hydrogen-bond acceptors (Lipinski definition) is 6. The van der Waals surface area contributed by atoms with Gasteiger partial charge in [-0.2, -0.15) is 5.10 Å². The molecule has 0 aliphatic heterocycles. The van der Waals surface area contributed by atoms with Crippen LogP contribution in [0.4, 0.5) is 5.69 Å². The first-order valence-electron chi connectivity index (χ1n) is 3.21. The third-order valence-electron chi connectivity index (χ3n) is 1.27. The van der Waals surface area contributed by atoms with E-state index in [0.29, 0.717) is 0 Å². The van der Waals surface area contributed by atoms with Gasteiger partial charge in [0, 0.05) is 6.07 Å². The van der Waals surface area contributed by atoms with E-state index >= 15 is 0 Å². The van der Waals surface area contributed by atoms with Crippen molar-refractivity contribution in [3.8, 4) is 0 Å². The van der Waals surface area contributed by atoms with Gasteiger partial charge in [0.1, 0.15) is 0 Å². The molecule has 0 aliphatic rings. The van der Waals surface area contributed by atoms with Crippen molar-refractivity contribution in [2.24, 2.45) is 0 Å². The van der Waals surface area contributed by atoms with Gasteiger partial charge in [-0.3, -0.25) is 10.1 Å². The number of ether oxygens (including phenoxy) is 1. The fourth-order valence-corrected chi connectivity index (χ4v) is 0.715. The SMILES string of the molecule is COC(=O)c1nnccc1[N+](=O)[O-]. The summed E-state index contributed by atoms with van der Waals surface area (Å²) < 4.78 is 4.28. The molecule has 0 aliphatic carbocycles. The highest BCUT2D eigenvalue weighted by atomic mass is 16.6. The van der Waals surface area contributed by atoms with E-state index in [1.54, 1.807) is 0 Å². The molecule has 0 aromatic carbocycles. The average molecular weight is 183 g/mol. The molecule has 7 heteroatoms. The van der Waals surface area contributed by atoms with Crippen LogP contribution in [0.15, 0.2) is 12.3 Å². The minimum absolute atomic E-state index is 0.394. The van der Waals surface area contributed by atoms with E-state index in [9.17, 15) is 14.9 Å². The van der Waals surface area contributed by atoms with Gasteiger partial charge in [-0.25, -0.2) is 4.79 Å². The molecular weight excluding hydrogens is 178 g/mol. The Hall–Kier alpha value is -2.05. The molecule has 0 amide bonds. The first-order valence-corrected chi connectivity index (χ1v) is 3.21. The number of nitro groups is 1. The summed E-state index contributed by atoms with van der Waals surface area (Å²) in [7, 11) is 1.11. The number of carbonyl (C=O) groups is 1. The highest BCUT2D eigenvalue weighted by molar-refractivity contribution is 5.91. The van der Waals surface area contributed by atoms with Crippen LogP contribution in [0.5, 0.6) is 0 Å². The predicted molar refractivity (Wildman–Crippen MR) is 40.0 cm³/mol. The second-order valence-corrected chi connectivity index (χ2v) is 2.01. The molecule has 1 heterocycles. The summed E-state index contributed by atoms with van der Waals surface area (Å²) in [6.45, 7) is 0. The van der Waals surface area contributed by atoms with Crippen LogP contribution < -0.4 is 0 Å². The lowest BCUT2D eigenvalue weighted by atomic mass is 10.3. The van der Waals surface area contributed by atoms with E-state index in [0.717, 1.165) is 19.4 Å². The molecule has 0 saturated heterocycles. The third kappa shape index (κ3) is 1.75. The van der Waals surface area contributed by atoms with Crippen LogP contribution in [0.25, 0.3) is 0 Å². The average Bonchev–Trinajstić information content (AvgIpc) is 2.16. The summed E-state index contributed by atoms with van der Waals surface area (Å²) >= 11 is 0. The maximum atomic E-state index is 10.9. The molecule has 0 N–H and O–H groups in total. The summed E-state index contributed by atoms with van der Waals surface area (Å²) in [5, 5.41) is 17.0. The second-order valence-electron chi connectivity index (χ2n) is 2.01.